The van der Waals surface area contributed by atoms with E-state index in [0.717, 1.165) is 18.5 Å². The van der Waals surface area contributed by atoms with Crippen LogP contribution in [0.15, 0.2) is 53.9 Å². The van der Waals surface area contributed by atoms with Gasteiger partial charge in [-0.3, -0.25) is 9.36 Å². The van der Waals surface area contributed by atoms with E-state index in [4.69, 9.17) is 4.74 Å². The SMILES string of the molecule is CSc1ncc(C(=O)OCC(=O)Nc2ccnn2C2CCCC2)n1-c1ccccc1. The van der Waals surface area contributed by atoms with Crippen LogP contribution in [0.4, 0.5) is 5.82 Å². The molecule has 1 saturated carbocycles. The normalized spacial score (nSPS) is 14.0. The molecular weight excluding hydrogens is 402 g/mol. The quantitative estimate of drug-likeness (QED) is 0.458. The summed E-state index contributed by atoms with van der Waals surface area (Å²) in [4.78, 5) is 29.3. The first kappa shape index (κ1) is 20.2. The lowest BCUT2D eigenvalue weighted by molar-refractivity contribution is -0.119. The van der Waals surface area contributed by atoms with E-state index in [-0.39, 0.29) is 12.3 Å². The first-order valence-corrected chi connectivity index (χ1v) is 11.1. The fourth-order valence-corrected chi connectivity index (χ4v) is 4.23. The molecule has 30 heavy (non-hydrogen) atoms. The zero-order chi connectivity index (χ0) is 20.9. The third-order valence-corrected chi connectivity index (χ3v) is 5.73. The molecule has 2 heterocycles. The van der Waals surface area contributed by atoms with Gasteiger partial charge >= 0.3 is 5.97 Å². The Balaban J connectivity index is 1.42. The zero-order valence-electron chi connectivity index (χ0n) is 16.7. The number of aromatic nitrogens is 4. The number of amides is 1. The number of hydrogen-bond acceptors (Lipinski definition) is 6. The molecule has 1 aliphatic carbocycles. The third kappa shape index (κ3) is 4.25. The van der Waals surface area contributed by atoms with Crippen LogP contribution in [-0.2, 0) is 9.53 Å². The second kappa shape index (κ2) is 9.17. The molecular formula is C21H23N5O3S. The van der Waals surface area contributed by atoms with Crippen LogP contribution in [0.5, 0.6) is 0 Å². The van der Waals surface area contributed by atoms with Crippen LogP contribution in [0.2, 0.25) is 0 Å². The summed E-state index contributed by atoms with van der Waals surface area (Å²) < 4.78 is 8.84. The molecule has 0 saturated heterocycles. The first-order chi connectivity index (χ1) is 14.7. The number of rotatable bonds is 7. The van der Waals surface area contributed by atoms with E-state index in [9.17, 15) is 9.59 Å². The third-order valence-electron chi connectivity index (χ3n) is 5.08. The van der Waals surface area contributed by atoms with E-state index >= 15 is 0 Å². The number of anilines is 1. The topological polar surface area (TPSA) is 91.0 Å². The van der Waals surface area contributed by atoms with Crippen molar-refractivity contribution in [2.75, 3.05) is 18.2 Å². The number of carbonyl (C=O) groups is 2. The van der Waals surface area contributed by atoms with Crippen LogP contribution in [0.3, 0.4) is 0 Å². The van der Waals surface area contributed by atoms with Gasteiger partial charge in [0.2, 0.25) is 0 Å². The number of imidazole rings is 1. The van der Waals surface area contributed by atoms with Gasteiger partial charge < -0.3 is 10.1 Å². The monoisotopic (exact) mass is 425 g/mol. The van der Waals surface area contributed by atoms with Gasteiger partial charge in [-0.2, -0.15) is 5.10 Å². The number of benzene rings is 1. The fraction of sp³-hybridized carbons (Fsp3) is 0.333. The van der Waals surface area contributed by atoms with Crippen molar-refractivity contribution in [2.45, 2.75) is 36.9 Å². The van der Waals surface area contributed by atoms with Gasteiger partial charge in [0.1, 0.15) is 5.82 Å². The molecule has 1 amide bonds. The standard InChI is InChI=1S/C21H23N5O3S/c1-30-21-22-13-17(25(21)15-7-3-2-4-8-15)20(28)29-14-19(27)24-18-11-12-23-26(18)16-9-5-6-10-16/h2-4,7-8,11-13,16H,5-6,9-10,14H2,1H3,(H,24,27). The van der Waals surface area contributed by atoms with E-state index in [1.54, 1.807) is 16.8 Å². The smallest absolute Gasteiger partial charge is 0.357 e. The molecule has 1 aliphatic rings. The molecule has 0 radical (unpaired) electrons. The molecule has 0 aliphatic heterocycles. The van der Waals surface area contributed by atoms with E-state index < -0.39 is 11.9 Å². The molecule has 1 aromatic carbocycles. The Kier molecular flexibility index (Phi) is 6.18. The Morgan fingerprint density at radius 3 is 2.70 bits per heavy atom. The molecule has 2 aromatic heterocycles. The van der Waals surface area contributed by atoms with Crippen LogP contribution in [0.1, 0.15) is 42.2 Å². The molecule has 0 unspecified atom stereocenters. The number of thioether (sulfide) groups is 1. The second-order valence-electron chi connectivity index (χ2n) is 7.02. The predicted octanol–water partition coefficient (Wildman–Crippen LogP) is 3.70. The minimum absolute atomic E-state index is 0.273. The molecule has 1 fully saturated rings. The summed E-state index contributed by atoms with van der Waals surface area (Å²) in [5, 5.41) is 7.79. The van der Waals surface area contributed by atoms with Gasteiger partial charge in [-0.25, -0.2) is 14.5 Å². The lowest BCUT2D eigenvalue weighted by Gasteiger charge is -2.15. The van der Waals surface area contributed by atoms with Gasteiger partial charge in [-0.15, -0.1) is 0 Å². The minimum Gasteiger partial charge on any atom is -0.451 e. The maximum absolute atomic E-state index is 12.7. The molecule has 4 rings (SSSR count). The highest BCUT2D eigenvalue weighted by Gasteiger charge is 2.22. The second-order valence-corrected chi connectivity index (χ2v) is 7.80. The summed E-state index contributed by atoms with van der Waals surface area (Å²) in [7, 11) is 0. The molecule has 3 aromatic rings. The summed E-state index contributed by atoms with van der Waals surface area (Å²) in [6.45, 7) is -0.386. The Bertz CT molecular complexity index is 1020. The number of ether oxygens (including phenoxy) is 1. The largest absolute Gasteiger partial charge is 0.451 e. The van der Waals surface area contributed by atoms with Crippen molar-refractivity contribution in [1.82, 2.24) is 19.3 Å². The van der Waals surface area contributed by atoms with Crippen LogP contribution in [-0.4, -0.2) is 44.1 Å². The average molecular weight is 426 g/mol. The number of nitrogens with one attached hydrogen (secondary N) is 1. The Hall–Kier alpha value is -3.07. The zero-order valence-corrected chi connectivity index (χ0v) is 17.5. The minimum atomic E-state index is -0.605. The molecule has 1 N–H and O–H groups in total. The van der Waals surface area contributed by atoms with E-state index in [0.29, 0.717) is 17.0 Å². The van der Waals surface area contributed by atoms with E-state index in [2.05, 4.69) is 15.4 Å². The van der Waals surface area contributed by atoms with Gasteiger partial charge in [0.25, 0.3) is 5.91 Å². The predicted molar refractivity (Wildman–Crippen MR) is 114 cm³/mol. The highest BCUT2D eigenvalue weighted by atomic mass is 32.2. The molecule has 156 valence electrons. The van der Waals surface area contributed by atoms with Crippen molar-refractivity contribution in [3.8, 4) is 5.69 Å². The van der Waals surface area contributed by atoms with Crippen LogP contribution < -0.4 is 5.32 Å². The number of hydrogen-bond donors (Lipinski definition) is 1. The van der Waals surface area contributed by atoms with Crippen molar-refractivity contribution in [3.63, 3.8) is 0 Å². The Morgan fingerprint density at radius 1 is 1.20 bits per heavy atom. The highest BCUT2D eigenvalue weighted by Crippen LogP contribution is 2.31. The lowest BCUT2D eigenvalue weighted by Crippen LogP contribution is -2.24. The molecule has 0 atom stereocenters. The Morgan fingerprint density at radius 2 is 1.97 bits per heavy atom. The van der Waals surface area contributed by atoms with Gasteiger partial charge in [-0.05, 0) is 31.2 Å². The Labute approximate surface area is 178 Å². The summed E-state index contributed by atoms with van der Waals surface area (Å²) in [6, 6.07) is 11.5. The van der Waals surface area contributed by atoms with Gasteiger partial charge in [0, 0.05) is 11.8 Å². The molecule has 0 spiro atoms. The number of nitrogens with zero attached hydrogens (tertiary/aromatic N) is 4. The lowest BCUT2D eigenvalue weighted by atomic mass is 10.2. The van der Waals surface area contributed by atoms with Crippen molar-refractivity contribution in [1.29, 1.82) is 0 Å². The molecule has 8 nitrogen and oxygen atoms in total. The van der Waals surface area contributed by atoms with Crippen molar-refractivity contribution < 1.29 is 14.3 Å². The van der Waals surface area contributed by atoms with E-state index in [1.807, 2.05) is 41.3 Å². The number of esters is 1. The number of para-hydroxylation sites is 1. The summed E-state index contributed by atoms with van der Waals surface area (Å²) in [6.07, 6.45) is 9.47. The summed E-state index contributed by atoms with van der Waals surface area (Å²) in [5.41, 5.74) is 1.07. The molecule has 0 bridgehead atoms. The number of carbonyl (C=O) groups excluding carboxylic acids is 2. The van der Waals surface area contributed by atoms with Crippen LogP contribution in [0, 0.1) is 0 Å². The highest BCUT2D eigenvalue weighted by molar-refractivity contribution is 7.98. The maximum Gasteiger partial charge on any atom is 0.357 e. The average Bonchev–Trinajstić information content (AvgIpc) is 3.52. The molecule has 9 heteroatoms. The van der Waals surface area contributed by atoms with Gasteiger partial charge in [-0.1, -0.05) is 42.8 Å². The van der Waals surface area contributed by atoms with Crippen LogP contribution in [0.25, 0.3) is 5.69 Å². The summed E-state index contributed by atoms with van der Waals surface area (Å²) >= 11 is 1.42. The van der Waals surface area contributed by atoms with Gasteiger partial charge in [0.15, 0.2) is 17.5 Å². The van der Waals surface area contributed by atoms with E-state index in [1.165, 1.54) is 30.8 Å². The van der Waals surface area contributed by atoms with Crippen molar-refractivity contribution in [3.05, 3.63) is 54.5 Å². The van der Waals surface area contributed by atoms with Crippen LogP contribution >= 0.6 is 11.8 Å². The first-order valence-electron chi connectivity index (χ1n) is 9.85. The summed E-state index contributed by atoms with van der Waals surface area (Å²) in [5.74, 6) is -0.382. The van der Waals surface area contributed by atoms with Crippen molar-refractivity contribution in [2.24, 2.45) is 0 Å². The maximum atomic E-state index is 12.7. The van der Waals surface area contributed by atoms with Gasteiger partial charge in [0.05, 0.1) is 18.4 Å². The fourth-order valence-electron chi connectivity index (χ4n) is 3.69. The van der Waals surface area contributed by atoms with Crippen molar-refractivity contribution >= 4 is 29.5 Å².